The van der Waals surface area contributed by atoms with Gasteiger partial charge in [-0.25, -0.2) is 0 Å². The summed E-state index contributed by atoms with van der Waals surface area (Å²) in [6.07, 6.45) is 3.82. The Labute approximate surface area is 216 Å². The van der Waals surface area contributed by atoms with Crippen molar-refractivity contribution in [3.05, 3.63) is 48.0 Å². The van der Waals surface area contributed by atoms with Crippen LogP contribution in [-0.2, 0) is 14.3 Å². The molecule has 1 aliphatic carbocycles. The number of amides is 3. The monoisotopic (exact) mass is 507 g/mol. The molecule has 2 fully saturated rings. The van der Waals surface area contributed by atoms with Gasteiger partial charge in [-0.15, -0.1) is 0 Å². The van der Waals surface area contributed by atoms with Gasteiger partial charge in [0.25, 0.3) is 5.91 Å². The van der Waals surface area contributed by atoms with E-state index in [-0.39, 0.29) is 54.9 Å². The van der Waals surface area contributed by atoms with E-state index in [1.54, 1.807) is 43.3 Å². The Morgan fingerprint density at radius 1 is 1.05 bits per heavy atom. The van der Waals surface area contributed by atoms with Gasteiger partial charge in [0, 0.05) is 30.4 Å². The van der Waals surface area contributed by atoms with Crippen LogP contribution in [0, 0.1) is 5.92 Å². The summed E-state index contributed by atoms with van der Waals surface area (Å²) in [6, 6.07) is 12.2. The van der Waals surface area contributed by atoms with Gasteiger partial charge in [-0.2, -0.15) is 0 Å². The number of nitrogens with zero attached hydrogens (tertiary/aromatic N) is 1. The fourth-order valence-electron chi connectivity index (χ4n) is 5.14. The summed E-state index contributed by atoms with van der Waals surface area (Å²) in [6.45, 7) is 0.261. The van der Waals surface area contributed by atoms with E-state index in [2.05, 4.69) is 10.6 Å². The molecule has 2 heterocycles. The van der Waals surface area contributed by atoms with E-state index in [1.165, 1.54) is 0 Å². The summed E-state index contributed by atoms with van der Waals surface area (Å²) in [5, 5.41) is 5.83. The van der Waals surface area contributed by atoms with Crippen LogP contribution in [-0.4, -0.2) is 61.6 Å². The maximum atomic E-state index is 13.4. The van der Waals surface area contributed by atoms with Crippen molar-refractivity contribution in [2.75, 3.05) is 31.4 Å². The van der Waals surface area contributed by atoms with Crippen molar-refractivity contribution in [1.82, 2.24) is 4.90 Å². The van der Waals surface area contributed by atoms with Crippen molar-refractivity contribution in [3.8, 4) is 11.5 Å². The summed E-state index contributed by atoms with van der Waals surface area (Å²) in [5.74, 6) is 0.862. The van der Waals surface area contributed by atoms with E-state index in [0.29, 0.717) is 41.3 Å². The number of carbonyl (C=O) groups excluding carboxylic acids is 3. The summed E-state index contributed by atoms with van der Waals surface area (Å²) in [7, 11) is 3.35. The molecule has 3 amide bonds. The van der Waals surface area contributed by atoms with Gasteiger partial charge in [-0.3, -0.25) is 14.4 Å². The number of anilines is 2. The van der Waals surface area contributed by atoms with Crippen LogP contribution < -0.4 is 20.1 Å². The van der Waals surface area contributed by atoms with Crippen LogP contribution in [0.3, 0.4) is 0 Å². The molecular formula is C28H33N3O6. The standard InChI is InChI=1S/C28H33N3O6/c1-31-23-11-10-21(15-26(32)29-18-7-4-8-20(13-18)35-2)37-25(23)16-36-24-12-9-19(14-22(24)28(31)34)30-27(33)17-5-3-6-17/h4,7-9,12-14,17,21,23,25H,3,5-6,10-11,15-16H2,1-2H3,(H,29,32)(H,30,33)/t21-,23-,25+/m0/s1. The normalized spacial score (nSPS) is 23.4. The zero-order chi connectivity index (χ0) is 25.9. The maximum Gasteiger partial charge on any atom is 0.257 e. The molecule has 9 heteroatoms. The van der Waals surface area contributed by atoms with Crippen molar-refractivity contribution in [3.63, 3.8) is 0 Å². The van der Waals surface area contributed by atoms with E-state index >= 15 is 0 Å². The molecule has 1 saturated heterocycles. The first kappa shape index (κ1) is 25.1. The average Bonchev–Trinajstić information content (AvgIpc) is 2.85. The molecular weight excluding hydrogens is 474 g/mol. The number of rotatable bonds is 6. The van der Waals surface area contributed by atoms with Gasteiger partial charge in [0.1, 0.15) is 24.2 Å². The van der Waals surface area contributed by atoms with Gasteiger partial charge in [-0.1, -0.05) is 12.5 Å². The summed E-state index contributed by atoms with van der Waals surface area (Å²) >= 11 is 0. The van der Waals surface area contributed by atoms with Crippen molar-refractivity contribution >= 4 is 29.1 Å². The lowest BCUT2D eigenvalue weighted by Crippen LogP contribution is -2.53. The molecule has 1 saturated carbocycles. The Balaban J connectivity index is 1.23. The molecule has 5 rings (SSSR count). The third kappa shape index (κ3) is 5.56. The molecule has 9 nitrogen and oxygen atoms in total. The molecule has 2 aliphatic heterocycles. The molecule has 0 aromatic heterocycles. The Morgan fingerprint density at radius 3 is 2.62 bits per heavy atom. The molecule has 0 spiro atoms. The molecule has 0 bridgehead atoms. The van der Waals surface area contributed by atoms with Crippen LogP contribution in [0.15, 0.2) is 42.5 Å². The molecule has 3 aliphatic rings. The minimum atomic E-state index is -0.358. The van der Waals surface area contributed by atoms with Gasteiger partial charge in [0.2, 0.25) is 11.8 Å². The minimum absolute atomic E-state index is 0.000918. The number of likely N-dealkylation sites (N-methyl/N-ethyl adjacent to an activating group) is 1. The lowest BCUT2D eigenvalue weighted by atomic mass is 9.85. The van der Waals surface area contributed by atoms with Gasteiger partial charge in [0.15, 0.2) is 0 Å². The zero-order valence-corrected chi connectivity index (χ0v) is 21.2. The second-order valence-electron chi connectivity index (χ2n) is 9.98. The van der Waals surface area contributed by atoms with E-state index < -0.39 is 0 Å². The number of carbonyl (C=O) groups is 3. The highest BCUT2D eigenvalue weighted by Gasteiger charge is 2.39. The summed E-state index contributed by atoms with van der Waals surface area (Å²) < 4.78 is 17.5. The second kappa shape index (κ2) is 10.8. The second-order valence-corrected chi connectivity index (χ2v) is 9.98. The lowest BCUT2D eigenvalue weighted by molar-refractivity contribution is -0.130. The third-order valence-corrected chi connectivity index (χ3v) is 7.52. The van der Waals surface area contributed by atoms with Gasteiger partial charge >= 0.3 is 0 Å². The first-order chi connectivity index (χ1) is 17.9. The van der Waals surface area contributed by atoms with Crippen molar-refractivity contribution in [2.45, 2.75) is 56.8 Å². The lowest BCUT2D eigenvalue weighted by Gasteiger charge is -2.42. The number of hydrogen-bond donors (Lipinski definition) is 2. The van der Waals surface area contributed by atoms with Crippen LogP contribution in [0.2, 0.25) is 0 Å². The molecule has 3 atom stereocenters. The van der Waals surface area contributed by atoms with Crippen LogP contribution in [0.1, 0.15) is 48.9 Å². The van der Waals surface area contributed by atoms with Crippen molar-refractivity contribution < 1.29 is 28.6 Å². The topological polar surface area (TPSA) is 106 Å². The Morgan fingerprint density at radius 2 is 1.86 bits per heavy atom. The number of fused-ring (bicyclic) bond motifs is 2. The molecule has 2 N–H and O–H groups in total. The van der Waals surface area contributed by atoms with Crippen molar-refractivity contribution in [1.29, 1.82) is 0 Å². The molecule has 2 aromatic carbocycles. The van der Waals surface area contributed by atoms with Crippen LogP contribution in [0.4, 0.5) is 11.4 Å². The fraction of sp³-hybridized carbons (Fsp3) is 0.464. The number of ether oxygens (including phenoxy) is 3. The molecule has 196 valence electrons. The predicted octanol–water partition coefficient (Wildman–Crippen LogP) is 3.84. The summed E-state index contributed by atoms with van der Waals surface area (Å²) in [5.41, 5.74) is 1.68. The fourth-order valence-corrected chi connectivity index (χ4v) is 5.14. The van der Waals surface area contributed by atoms with Gasteiger partial charge in [0.05, 0.1) is 31.2 Å². The number of nitrogens with one attached hydrogen (secondary N) is 2. The maximum absolute atomic E-state index is 13.4. The van der Waals surface area contributed by atoms with Crippen molar-refractivity contribution in [2.24, 2.45) is 5.92 Å². The Hall–Kier alpha value is -3.59. The van der Waals surface area contributed by atoms with Gasteiger partial charge < -0.3 is 29.7 Å². The quantitative estimate of drug-likeness (QED) is 0.615. The average molecular weight is 508 g/mol. The highest BCUT2D eigenvalue weighted by Crippen LogP contribution is 2.33. The number of hydrogen-bond acceptors (Lipinski definition) is 6. The molecule has 37 heavy (non-hydrogen) atoms. The minimum Gasteiger partial charge on any atom is -0.497 e. The van der Waals surface area contributed by atoms with Gasteiger partial charge in [-0.05, 0) is 56.0 Å². The van der Waals surface area contributed by atoms with E-state index in [1.807, 2.05) is 18.2 Å². The highest BCUT2D eigenvalue weighted by molar-refractivity contribution is 6.00. The largest absolute Gasteiger partial charge is 0.497 e. The Kier molecular flexibility index (Phi) is 7.32. The zero-order valence-electron chi connectivity index (χ0n) is 21.2. The van der Waals surface area contributed by atoms with E-state index in [9.17, 15) is 14.4 Å². The van der Waals surface area contributed by atoms with E-state index in [4.69, 9.17) is 14.2 Å². The summed E-state index contributed by atoms with van der Waals surface area (Å²) in [4.78, 5) is 40.1. The first-order valence-electron chi connectivity index (χ1n) is 12.9. The SMILES string of the molecule is COc1cccc(NC(=O)C[C@@H]2CC[C@H]3[C@@H](COc4ccc(NC(=O)C5CCC5)cc4C(=O)N3C)O2)c1. The van der Waals surface area contributed by atoms with Crippen LogP contribution in [0.25, 0.3) is 0 Å². The van der Waals surface area contributed by atoms with Crippen LogP contribution >= 0.6 is 0 Å². The smallest absolute Gasteiger partial charge is 0.257 e. The number of methoxy groups -OCH3 is 1. The molecule has 0 radical (unpaired) electrons. The molecule has 0 unspecified atom stereocenters. The van der Waals surface area contributed by atoms with Crippen LogP contribution in [0.5, 0.6) is 11.5 Å². The van der Waals surface area contributed by atoms with E-state index in [0.717, 1.165) is 19.3 Å². The predicted molar refractivity (Wildman–Crippen MR) is 138 cm³/mol. The molecule has 2 aromatic rings. The first-order valence-corrected chi connectivity index (χ1v) is 12.9. The number of benzene rings is 2. The highest BCUT2D eigenvalue weighted by atomic mass is 16.5. The third-order valence-electron chi connectivity index (χ3n) is 7.52. The Bertz CT molecular complexity index is 1180.